The van der Waals surface area contributed by atoms with Crippen LogP contribution in [0.5, 0.6) is 0 Å². The Balaban J connectivity index is 1.07. The lowest BCUT2D eigenvalue weighted by Gasteiger charge is -2.49. The van der Waals surface area contributed by atoms with Crippen LogP contribution in [0.1, 0.15) is 113 Å². The van der Waals surface area contributed by atoms with E-state index in [0.29, 0.717) is 23.7 Å². The average molecular weight is 949 g/mol. The lowest BCUT2D eigenvalue weighted by Crippen LogP contribution is -2.41. The van der Waals surface area contributed by atoms with Crippen LogP contribution in [0.2, 0.25) is 0 Å². The van der Waals surface area contributed by atoms with Crippen molar-refractivity contribution in [3.63, 3.8) is 0 Å². The molecular weight excluding hydrogens is 885 g/mol. The number of nitrogens with zero attached hydrogens (tertiary/aromatic N) is 2. The summed E-state index contributed by atoms with van der Waals surface area (Å²) < 4.78 is 6.90. The Labute approximate surface area is 430 Å². The standard InChI is InChI=1S/C70H64N2O/c1-42(2)34-46-35-49(43(3)4)38-52(36-46)71(41-70-33-14-13-20-61(70)55-17-10-9-16-54(55)56-29-30-62(56)70)63-31-25-47-24-28-60-64(32-26-48-23-27-59(63)67(47)68(48)60)72(53-39-50(44(5)6)37-51(40-53)45(7)8)65-21-15-19-58-57-18-11-12-22-66(57)73-69(58)65/h9-32,35-40,42-45H,33-34,41H2,1-8H3. The van der Waals surface area contributed by atoms with Gasteiger partial charge in [0.25, 0.3) is 0 Å². The topological polar surface area (TPSA) is 19.6 Å². The van der Waals surface area contributed by atoms with Gasteiger partial charge in [-0.15, -0.1) is 0 Å². The fourth-order valence-electron chi connectivity index (χ4n) is 12.7. The van der Waals surface area contributed by atoms with E-state index in [1.54, 1.807) is 0 Å². The van der Waals surface area contributed by atoms with Gasteiger partial charge < -0.3 is 14.2 Å². The summed E-state index contributed by atoms with van der Waals surface area (Å²) in [5, 5.41) is 9.81. The van der Waals surface area contributed by atoms with Crippen LogP contribution in [0.3, 0.4) is 0 Å². The van der Waals surface area contributed by atoms with Crippen molar-refractivity contribution < 1.29 is 4.42 Å². The molecule has 3 aliphatic carbocycles. The van der Waals surface area contributed by atoms with E-state index in [-0.39, 0.29) is 5.41 Å². The van der Waals surface area contributed by atoms with Crippen molar-refractivity contribution >= 4 is 93.8 Å². The number of fused-ring (bicyclic) bond motifs is 8. The summed E-state index contributed by atoms with van der Waals surface area (Å²) >= 11 is 0. The van der Waals surface area contributed by atoms with Gasteiger partial charge in [-0.25, -0.2) is 0 Å². The van der Waals surface area contributed by atoms with Crippen LogP contribution >= 0.6 is 0 Å². The molecule has 1 heterocycles. The van der Waals surface area contributed by atoms with Gasteiger partial charge in [0, 0.05) is 50.6 Å². The molecule has 0 aliphatic heterocycles. The third-order valence-corrected chi connectivity index (χ3v) is 16.5. The van der Waals surface area contributed by atoms with E-state index in [2.05, 4.69) is 247 Å². The van der Waals surface area contributed by atoms with Crippen molar-refractivity contribution in [2.24, 2.45) is 11.3 Å². The van der Waals surface area contributed by atoms with Gasteiger partial charge >= 0.3 is 0 Å². The number of allylic oxidation sites excluding steroid dienone is 6. The smallest absolute Gasteiger partial charge is 0.159 e. The van der Waals surface area contributed by atoms with E-state index in [9.17, 15) is 0 Å². The first-order valence-electron chi connectivity index (χ1n) is 26.8. The van der Waals surface area contributed by atoms with Crippen LogP contribution in [0.15, 0.2) is 192 Å². The lowest BCUT2D eigenvalue weighted by molar-refractivity contribution is 0.496. The highest BCUT2D eigenvalue weighted by Crippen LogP contribution is 2.59. The van der Waals surface area contributed by atoms with Gasteiger partial charge in [-0.2, -0.15) is 0 Å². The first-order valence-corrected chi connectivity index (χ1v) is 26.8. The molecule has 13 rings (SSSR count). The molecule has 360 valence electrons. The van der Waals surface area contributed by atoms with E-state index in [1.807, 2.05) is 0 Å². The second-order valence-electron chi connectivity index (χ2n) is 22.6. The average Bonchev–Trinajstić information content (AvgIpc) is 3.77. The zero-order valence-electron chi connectivity index (χ0n) is 43.6. The molecule has 1 unspecified atom stereocenters. The van der Waals surface area contributed by atoms with Gasteiger partial charge in [-0.3, -0.25) is 0 Å². The Morgan fingerprint density at radius 3 is 1.86 bits per heavy atom. The number of para-hydroxylation sites is 2. The summed E-state index contributed by atoms with van der Waals surface area (Å²) in [6.45, 7) is 19.4. The van der Waals surface area contributed by atoms with E-state index in [1.165, 1.54) is 93.8 Å². The van der Waals surface area contributed by atoms with Crippen molar-refractivity contribution in [2.45, 2.75) is 86.0 Å². The molecule has 0 radical (unpaired) electrons. The molecule has 0 amide bonds. The van der Waals surface area contributed by atoms with Crippen molar-refractivity contribution in [1.82, 2.24) is 0 Å². The Morgan fingerprint density at radius 1 is 0.534 bits per heavy atom. The maximum Gasteiger partial charge on any atom is 0.159 e. The van der Waals surface area contributed by atoms with Crippen LogP contribution < -0.4 is 9.80 Å². The summed E-state index contributed by atoms with van der Waals surface area (Å²) in [4.78, 5) is 5.22. The second kappa shape index (κ2) is 17.3. The molecule has 0 N–H and O–H groups in total. The minimum Gasteiger partial charge on any atom is -0.454 e. The molecule has 3 nitrogen and oxygen atoms in total. The number of hydrogen-bond acceptors (Lipinski definition) is 3. The molecule has 0 bridgehead atoms. The van der Waals surface area contributed by atoms with E-state index >= 15 is 0 Å². The number of benzene rings is 9. The normalized spacial score (nSPS) is 16.2. The molecule has 0 fully saturated rings. The molecule has 73 heavy (non-hydrogen) atoms. The lowest BCUT2D eigenvalue weighted by atomic mass is 9.58. The zero-order chi connectivity index (χ0) is 49.9. The number of anilines is 5. The second-order valence-corrected chi connectivity index (χ2v) is 22.6. The number of rotatable bonds is 12. The van der Waals surface area contributed by atoms with Crippen molar-refractivity contribution in [3.05, 3.63) is 221 Å². The van der Waals surface area contributed by atoms with Crippen LogP contribution in [0.25, 0.3) is 65.4 Å². The summed E-state index contributed by atoms with van der Waals surface area (Å²) in [6, 6.07) is 58.0. The van der Waals surface area contributed by atoms with Crippen LogP contribution in [-0.4, -0.2) is 6.54 Å². The summed E-state index contributed by atoms with van der Waals surface area (Å²) in [5.41, 5.74) is 19.8. The van der Waals surface area contributed by atoms with Crippen LogP contribution in [0.4, 0.5) is 28.4 Å². The maximum atomic E-state index is 6.90. The van der Waals surface area contributed by atoms with Crippen LogP contribution in [-0.2, 0) is 6.42 Å². The van der Waals surface area contributed by atoms with Crippen molar-refractivity contribution in [2.75, 3.05) is 16.3 Å². The highest BCUT2D eigenvalue weighted by molar-refractivity contribution is 6.28. The van der Waals surface area contributed by atoms with Crippen molar-refractivity contribution in [3.8, 4) is 0 Å². The van der Waals surface area contributed by atoms with Gasteiger partial charge in [0.1, 0.15) is 5.58 Å². The van der Waals surface area contributed by atoms with E-state index in [0.717, 1.165) is 58.4 Å². The van der Waals surface area contributed by atoms with Gasteiger partial charge in [0.05, 0.1) is 11.4 Å². The number of hydrogen-bond donors (Lipinski definition) is 0. The highest BCUT2D eigenvalue weighted by atomic mass is 16.3. The predicted octanol–water partition coefficient (Wildman–Crippen LogP) is 20.0. The molecule has 0 saturated carbocycles. The third kappa shape index (κ3) is 7.21. The molecule has 3 heteroatoms. The first-order chi connectivity index (χ1) is 35.5. The Hall–Kier alpha value is -7.62. The van der Waals surface area contributed by atoms with Gasteiger partial charge in [0.15, 0.2) is 5.58 Å². The van der Waals surface area contributed by atoms with E-state index < -0.39 is 0 Å². The SMILES string of the molecule is CC(C)Cc1cc(C(C)C)cc(N(CC23CC=CC=C2c2ccccc2C2=C3C=C2)c2ccc3ccc4c(N(c5cc(C(C)C)cc(C(C)C)c5)c5cccc6c5oc5ccccc56)ccc5ccc2c3c54)c1. The minimum atomic E-state index is -0.242. The molecular formula is C70H64N2O. The maximum absolute atomic E-state index is 6.90. The monoisotopic (exact) mass is 949 g/mol. The molecule has 1 atom stereocenters. The van der Waals surface area contributed by atoms with Crippen LogP contribution in [0, 0.1) is 11.3 Å². The minimum absolute atomic E-state index is 0.242. The van der Waals surface area contributed by atoms with Gasteiger partial charge in [0.2, 0.25) is 0 Å². The van der Waals surface area contributed by atoms with Crippen molar-refractivity contribution in [1.29, 1.82) is 0 Å². The zero-order valence-corrected chi connectivity index (χ0v) is 43.6. The number of furan rings is 1. The quantitative estimate of drug-likeness (QED) is 0.114. The third-order valence-electron chi connectivity index (χ3n) is 16.5. The summed E-state index contributed by atoms with van der Waals surface area (Å²) in [7, 11) is 0. The summed E-state index contributed by atoms with van der Waals surface area (Å²) in [6.07, 6.45) is 13.8. The van der Waals surface area contributed by atoms with E-state index in [4.69, 9.17) is 4.42 Å². The Morgan fingerprint density at radius 2 is 1.16 bits per heavy atom. The highest BCUT2D eigenvalue weighted by Gasteiger charge is 2.47. The first kappa shape index (κ1) is 45.3. The molecule has 0 saturated heterocycles. The molecule has 3 aliphatic rings. The fourth-order valence-corrected chi connectivity index (χ4v) is 12.7. The largest absolute Gasteiger partial charge is 0.454 e. The molecule has 9 aromatic carbocycles. The molecule has 1 aromatic heterocycles. The van der Waals surface area contributed by atoms with Gasteiger partial charge in [-0.1, -0.05) is 189 Å². The molecule has 10 aromatic rings. The Kier molecular flexibility index (Phi) is 10.7. The molecule has 0 spiro atoms. The Bertz CT molecular complexity index is 3950. The summed E-state index contributed by atoms with van der Waals surface area (Å²) in [5.74, 6) is 1.63. The predicted molar refractivity (Wildman–Crippen MR) is 313 cm³/mol. The fraction of sp³-hybridized carbons (Fsp3) is 0.229. The van der Waals surface area contributed by atoms with Gasteiger partial charge in [-0.05, 0) is 157 Å².